The van der Waals surface area contributed by atoms with Crippen LogP contribution in [0.25, 0.3) is 0 Å². The fraction of sp³-hybridized carbons (Fsp3) is 0.353. The molecule has 0 N–H and O–H groups in total. The highest BCUT2D eigenvalue weighted by atomic mass is 35.5. The molecule has 0 spiro atoms. The zero-order valence-corrected chi connectivity index (χ0v) is 16.6. The van der Waals surface area contributed by atoms with Crippen LogP contribution in [0.5, 0.6) is 5.88 Å². The summed E-state index contributed by atoms with van der Waals surface area (Å²) in [5.74, 6) is -0.285. The number of ketones is 1. The summed E-state index contributed by atoms with van der Waals surface area (Å²) in [5.41, 5.74) is 1.52. The number of benzene rings is 1. The van der Waals surface area contributed by atoms with E-state index in [0.717, 1.165) is 6.26 Å². The number of aryl methyl sites for hydroxylation is 3. The van der Waals surface area contributed by atoms with Gasteiger partial charge in [-0.25, -0.2) is 13.1 Å². The first-order valence-electron chi connectivity index (χ1n) is 7.58. The molecule has 0 aliphatic heterocycles. The maximum atomic E-state index is 13.1. The lowest BCUT2D eigenvalue weighted by Gasteiger charge is -2.14. The first kappa shape index (κ1) is 19.9. The Morgan fingerprint density at radius 2 is 2.00 bits per heavy atom. The number of nitriles is 1. The number of carbonyl (C=O) groups excluding carboxylic acids is 1. The number of hydrogen-bond acceptors (Lipinski definition) is 6. The molecule has 0 radical (unpaired) electrons. The molecule has 0 amide bonds. The number of sulfone groups is 1. The number of carbonyl (C=O) groups is 1. The van der Waals surface area contributed by atoms with Gasteiger partial charge in [0.05, 0.1) is 15.6 Å². The van der Waals surface area contributed by atoms with Gasteiger partial charge in [-0.05, 0) is 38.0 Å². The predicted molar refractivity (Wildman–Crippen MR) is 96.5 cm³/mol. The zero-order valence-electron chi connectivity index (χ0n) is 15.0. The summed E-state index contributed by atoms with van der Waals surface area (Å²) in [5, 5.41) is 13.0. The van der Waals surface area contributed by atoms with E-state index in [1.54, 1.807) is 27.8 Å². The van der Waals surface area contributed by atoms with E-state index in [4.69, 9.17) is 21.6 Å². The average Bonchev–Trinajstić information content (AvgIpc) is 2.80. The minimum atomic E-state index is -3.49. The molecule has 0 aliphatic rings. The van der Waals surface area contributed by atoms with Crippen LogP contribution in [0.4, 0.5) is 0 Å². The molecule has 0 atom stereocenters. The van der Waals surface area contributed by atoms with Crippen molar-refractivity contribution in [3.05, 3.63) is 39.0 Å². The number of nitrogens with zero attached hydrogens (tertiary/aromatic N) is 3. The Bertz CT molecular complexity index is 1050. The Balaban J connectivity index is 2.69. The monoisotopic (exact) mass is 395 g/mol. The second-order valence-corrected chi connectivity index (χ2v) is 8.28. The van der Waals surface area contributed by atoms with Gasteiger partial charge in [0.25, 0.3) is 0 Å². The van der Waals surface area contributed by atoms with Crippen molar-refractivity contribution < 1.29 is 17.9 Å². The van der Waals surface area contributed by atoms with E-state index in [1.807, 2.05) is 6.07 Å². The number of hydrogen-bond donors (Lipinski definition) is 0. The van der Waals surface area contributed by atoms with Gasteiger partial charge in [-0.15, -0.1) is 0 Å². The SMILES string of the molecule is Cc1cc(C(=O)c2c(C)nn(C)c2OCC#N)c(Cl)c(C)c1S(C)(=O)=O. The molecule has 0 fully saturated rings. The molecular formula is C17H18ClN3O4S. The maximum absolute atomic E-state index is 13.1. The third-order valence-electron chi connectivity index (χ3n) is 3.91. The average molecular weight is 396 g/mol. The van der Waals surface area contributed by atoms with Crippen molar-refractivity contribution in [3.63, 3.8) is 0 Å². The van der Waals surface area contributed by atoms with Crippen LogP contribution in [-0.4, -0.2) is 36.8 Å². The quantitative estimate of drug-likeness (QED) is 0.721. The van der Waals surface area contributed by atoms with E-state index in [2.05, 4.69) is 5.10 Å². The van der Waals surface area contributed by atoms with Crippen LogP contribution in [0.2, 0.25) is 5.02 Å². The standard InChI is InChI=1S/C17H18ClN3O4S/c1-9-8-12(14(18)10(2)16(9)26(5,23)24)15(22)13-11(3)20-21(4)17(13)25-7-6-19/h8H,7H2,1-5H3. The van der Waals surface area contributed by atoms with Crippen molar-refractivity contribution in [1.29, 1.82) is 5.26 Å². The smallest absolute Gasteiger partial charge is 0.224 e. The Hall–Kier alpha value is -2.37. The maximum Gasteiger partial charge on any atom is 0.224 e. The molecule has 0 bridgehead atoms. The van der Waals surface area contributed by atoms with Crippen LogP contribution in [0.1, 0.15) is 32.7 Å². The van der Waals surface area contributed by atoms with Gasteiger partial charge in [-0.3, -0.25) is 4.79 Å². The fourth-order valence-electron chi connectivity index (χ4n) is 2.98. The fourth-order valence-corrected chi connectivity index (χ4v) is 4.57. The van der Waals surface area contributed by atoms with E-state index in [0.29, 0.717) is 16.8 Å². The molecule has 0 saturated carbocycles. The first-order chi connectivity index (χ1) is 12.0. The van der Waals surface area contributed by atoms with E-state index < -0.39 is 15.6 Å². The molecule has 138 valence electrons. The first-order valence-corrected chi connectivity index (χ1v) is 9.85. The van der Waals surface area contributed by atoms with Gasteiger partial charge in [0.15, 0.2) is 16.4 Å². The van der Waals surface area contributed by atoms with E-state index >= 15 is 0 Å². The lowest BCUT2D eigenvalue weighted by molar-refractivity contribution is 0.103. The van der Waals surface area contributed by atoms with E-state index in [1.165, 1.54) is 10.7 Å². The van der Waals surface area contributed by atoms with Gasteiger partial charge < -0.3 is 4.74 Å². The Morgan fingerprint density at radius 3 is 2.54 bits per heavy atom. The Morgan fingerprint density at radius 1 is 1.38 bits per heavy atom. The van der Waals surface area contributed by atoms with Crippen LogP contribution in [0.3, 0.4) is 0 Å². The molecule has 2 aromatic rings. The summed E-state index contributed by atoms with van der Waals surface area (Å²) >= 11 is 6.33. The zero-order chi connectivity index (χ0) is 19.8. The molecule has 1 heterocycles. The molecule has 2 rings (SSSR count). The molecule has 26 heavy (non-hydrogen) atoms. The van der Waals surface area contributed by atoms with E-state index in [9.17, 15) is 13.2 Å². The molecule has 9 heteroatoms. The third-order valence-corrected chi connectivity index (χ3v) is 5.77. The van der Waals surface area contributed by atoms with E-state index in [-0.39, 0.29) is 33.5 Å². The molecular weight excluding hydrogens is 378 g/mol. The lowest BCUT2D eigenvalue weighted by Crippen LogP contribution is -2.11. The summed E-state index contributed by atoms with van der Waals surface area (Å²) in [6, 6.07) is 3.30. The van der Waals surface area contributed by atoms with Gasteiger partial charge in [-0.2, -0.15) is 10.4 Å². The molecule has 7 nitrogen and oxygen atoms in total. The van der Waals surface area contributed by atoms with Gasteiger partial charge in [0.1, 0.15) is 11.6 Å². The molecule has 0 unspecified atom stereocenters. The van der Waals surface area contributed by atoms with Crippen molar-refractivity contribution >= 4 is 27.2 Å². The molecule has 1 aromatic carbocycles. The Kier molecular flexibility index (Phi) is 5.44. The van der Waals surface area contributed by atoms with Gasteiger partial charge in [-0.1, -0.05) is 11.6 Å². The van der Waals surface area contributed by atoms with Crippen LogP contribution < -0.4 is 4.74 Å². The number of aromatic nitrogens is 2. The highest BCUT2D eigenvalue weighted by molar-refractivity contribution is 7.90. The van der Waals surface area contributed by atoms with Crippen LogP contribution in [0.15, 0.2) is 11.0 Å². The van der Waals surface area contributed by atoms with Gasteiger partial charge >= 0.3 is 0 Å². The van der Waals surface area contributed by atoms with Gasteiger partial charge in [0, 0.05) is 18.9 Å². The highest BCUT2D eigenvalue weighted by Gasteiger charge is 2.28. The third kappa shape index (κ3) is 3.45. The van der Waals surface area contributed by atoms with Crippen molar-refractivity contribution in [2.75, 3.05) is 12.9 Å². The molecule has 0 saturated heterocycles. The van der Waals surface area contributed by atoms with Crippen molar-refractivity contribution in [2.45, 2.75) is 25.7 Å². The van der Waals surface area contributed by atoms with Gasteiger partial charge in [0.2, 0.25) is 11.7 Å². The van der Waals surface area contributed by atoms with Crippen LogP contribution in [-0.2, 0) is 16.9 Å². The number of rotatable bonds is 5. The summed E-state index contributed by atoms with van der Waals surface area (Å²) in [4.78, 5) is 13.2. The highest BCUT2D eigenvalue weighted by Crippen LogP contribution is 2.34. The minimum absolute atomic E-state index is 0.0653. The summed E-state index contributed by atoms with van der Waals surface area (Å²) < 4.78 is 30.7. The van der Waals surface area contributed by atoms with Crippen LogP contribution in [0, 0.1) is 32.1 Å². The number of ether oxygens (including phenoxy) is 1. The van der Waals surface area contributed by atoms with Crippen molar-refractivity contribution in [3.8, 4) is 11.9 Å². The molecule has 0 aliphatic carbocycles. The lowest BCUT2D eigenvalue weighted by atomic mass is 9.99. The molecule has 1 aromatic heterocycles. The summed E-state index contributed by atoms with van der Waals surface area (Å²) in [6.07, 6.45) is 1.10. The second kappa shape index (κ2) is 7.09. The van der Waals surface area contributed by atoms with Crippen LogP contribution >= 0.6 is 11.6 Å². The van der Waals surface area contributed by atoms with Crippen molar-refractivity contribution in [1.82, 2.24) is 9.78 Å². The summed E-state index contributed by atoms with van der Waals surface area (Å²) in [7, 11) is -1.89. The van der Waals surface area contributed by atoms with Crippen molar-refractivity contribution in [2.24, 2.45) is 7.05 Å². The topological polar surface area (TPSA) is 102 Å². The second-order valence-electron chi connectivity index (χ2n) is 5.95. The summed E-state index contributed by atoms with van der Waals surface area (Å²) in [6.45, 7) is 4.58. The normalized spacial score (nSPS) is 11.3. The number of halogens is 1. The minimum Gasteiger partial charge on any atom is -0.462 e. The predicted octanol–water partition coefficient (Wildman–Crippen LogP) is 2.54. The largest absolute Gasteiger partial charge is 0.462 e. The Labute approximate surface area is 157 Å².